The van der Waals surface area contributed by atoms with Gasteiger partial charge in [0.05, 0.1) is 11.4 Å². The van der Waals surface area contributed by atoms with E-state index in [1.165, 1.54) is 6.07 Å². The van der Waals surface area contributed by atoms with Crippen molar-refractivity contribution in [1.82, 2.24) is 9.97 Å². The fourth-order valence-electron chi connectivity index (χ4n) is 2.52. The normalized spacial score (nSPS) is 10.4. The number of aromatic nitrogens is 2. The number of carbonyl (C=O) groups excluding carboxylic acids is 2. The molecule has 0 aliphatic heterocycles. The van der Waals surface area contributed by atoms with E-state index < -0.39 is 0 Å². The Hall–Kier alpha value is -3.39. The minimum atomic E-state index is -0.277. The van der Waals surface area contributed by atoms with E-state index in [0.29, 0.717) is 28.6 Å². The lowest BCUT2D eigenvalue weighted by molar-refractivity contribution is -0.116. The Bertz CT molecular complexity index is 1070. The van der Waals surface area contributed by atoms with Crippen LogP contribution in [0.15, 0.2) is 70.6 Å². The third-order valence-electron chi connectivity index (χ3n) is 3.88. The van der Waals surface area contributed by atoms with Crippen molar-refractivity contribution in [1.29, 1.82) is 0 Å². The number of nitrogens with zero attached hydrogens (tertiary/aromatic N) is 1. The molecular formula is C21H20N4O3S. The van der Waals surface area contributed by atoms with Crippen LogP contribution in [-0.2, 0) is 9.59 Å². The Morgan fingerprint density at radius 1 is 0.966 bits per heavy atom. The molecule has 0 saturated carbocycles. The zero-order chi connectivity index (χ0) is 20.6. The number of carbonyl (C=O) groups is 2. The largest absolute Gasteiger partial charge is 0.326 e. The quantitative estimate of drug-likeness (QED) is 0.410. The van der Waals surface area contributed by atoms with Crippen molar-refractivity contribution in [3.05, 3.63) is 71.0 Å². The number of hydrogen-bond donors (Lipinski definition) is 3. The fourth-order valence-corrected chi connectivity index (χ4v) is 3.19. The highest BCUT2D eigenvalue weighted by atomic mass is 32.2. The first kappa shape index (κ1) is 20.3. The molecule has 1 heterocycles. The number of benzene rings is 2. The van der Waals surface area contributed by atoms with E-state index in [4.69, 9.17) is 0 Å². The minimum absolute atomic E-state index is 0.0761. The van der Waals surface area contributed by atoms with Crippen LogP contribution in [0.5, 0.6) is 0 Å². The van der Waals surface area contributed by atoms with E-state index in [1.807, 2.05) is 30.3 Å². The van der Waals surface area contributed by atoms with Crippen LogP contribution < -0.4 is 16.2 Å². The first-order valence-electron chi connectivity index (χ1n) is 9.03. The Morgan fingerprint density at radius 3 is 2.34 bits per heavy atom. The summed E-state index contributed by atoms with van der Waals surface area (Å²) >= 11 is 1.14. The van der Waals surface area contributed by atoms with Crippen LogP contribution in [0.3, 0.4) is 0 Å². The molecule has 0 unspecified atom stereocenters. The maximum absolute atomic E-state index is 12.3. The molecule has 0 aliphatic carbocycles. The predicted octanol–water partition coefficient (Wildman–Crippen LogP) is 3.52. The molecule has 148 valence electrons. The van der Waals surface area contributed by atoms with Crippen molar-refractivity contribution >= 4 is 35.0 Å². The monoisotopic (exact) mass is 408 g/mol. The van der Waals surface area contributed by atoms with Crippen molar-refractivity contribution < 1.29 is 9.59 Å². The van der Waals surface area contributed by atoms with Crippen LogP contribution in [0, 0.1) is 0 Å². The third-order valence-corrected chi connectivity index (χ3v) is 4.75. The molecule has 0 saturated heterocycles. The zero-order valence-electron chi connectivity index (χ0n) is 15.8. The van der Waals surface area contributed by atoms with Gasteiger partial charge in [-0.2, -0.15) is 0 Å². The van der Waals surface area contributed by atoms with Gasteiger partial charge in [-0.25, -0.2) is 4.98 Å². The molecule has 2 amide bonds. The summed E-state index contributed by atoms with van der Waals surface area (Å²) in [4.78, 5) is 42.8. The van der Waals surface area contributed by atoms with Crippen LogP contribution >= 0.6 is 11.8 Å². The predicted molar refractivity (Wildman–Crippen MR) is 115 cm³/mol. The molecule has 3 N–H and O–H groups in total. The summed E-state index contributed by atoms with van der Waals surface area (Å²) in [7, 11) is 0. The molecule has 0 bridgehead atoms. The Morgan fingerprint density at radius 2 is 1.66 bits per heavy atom. The maximum atomic E-state index is 12.3. The highest BCUT2D eigenvalue weighted by molar-refractivity contribution is 7.99. The minimum Gasteiger partial charge on any atom is -0.326 e. The average molecular weight is 408 g/mol. The number of anilines is 2. The lowest BCUT2D eigenvalue weighted by atomic mass is 10.1. The SMILES string of the molecule is CCC(=O)Nc1cccc(NC(=O)CSc2nc(-c3ccccc3)cc(=O)[nH]2)c1. The van der Waals surface area contributed by atoms with E-state index in [1.54, 1.807) is 31.2 Å². The van der Waals surface area contributed by atoms with E-state index in [-0.39, 0.29) is 23.1 Å². The standard InChI is InChI=1S/C21H20N4O3S/c1-2-18(26)22-15-9-6-10-16(11-15)23-20(28)13-29-21-24-17(12-19(27)25-21)14-7-4-3-5-8-14/h3-12H,2,13H2,1H3,(H,22,26)(H,23,28)(H,24,25,27). The molecule has 3 rings (SSSR count). The summed E-state index contributed by atoms with van der Waals surface area (Å²) in [5.41, 5.74) is 2.29. The van der Waals surface area contributed by atoms with Gasteiger partial charge in [0.15, 0.2) is 5.16 Å². The number of amides is 2. The van der Waals surface area contributed by atoms with Crippen molar-refractivity contribution in [3.63, 3.8) is 0 Å². The summed E-state index contributed by atoms with van der Waals surface area (Å²) in [6, 6.07) is 17.7. The van der Waals surface area contributed by atoms with Crippen LogP contribution in [-0.4, -0.2) is 27.5 Å². The van der Waals surface area contributed by atoms with Gasteiger partial charge < -0.3 is 15.6 Å². The zero-order valence-corrected chi connectivity index (χ0v) is 16.6. The second kappa shape index (κ2) is 9.70. The average Bonchev–Trinajstić information content (AvgIpc) is 2.73. The van der Waals surface area contributed by atoms with Crippen LogP contribution in [0.1, 0.15) is 13.3 Å². The molecule has 0 radical (unpaired) electrons. The highest BCUT2D eigenvalue weighted by Crippen LogP contribution is 2.19. The second-order valence-electron chi connectivity index (χ2n) is 6.12. The topological polar surface area (TPSA) is 104 Å². The van der Waals surface area contributed by atoms with Gasteiger partial charge in [-0.3, -0.25) is 14.4 Å². The Kier molecular flexibility index (Phi) is 6.80. The summed E-state index contributed by atoms with van der Waals surface area (Å²) in [5.74, 6) is -0.272. The molecule has 2 aromatic carbocycles. The summed E-state index contributed by atoms with van der Waals surface area (Å²) in [6.45, 7) is 1.77. The second-order valence-corrected chi connectivity index (χ2v) is 7.09. The Balaban J connectivity index is 1.63. The van der Waals surface area contributed by atoms with Crippen molar-refractivity contribution in [3.8, 4) is 11.3 Å². The third kappa shape index (κ3) is 6.05. The molecule has 0 fully saturated rings. The molecule has 1 aromatic heterocycles. The highest BCUT2D eigenvalue weighted by Gasteiger charge is 2.09. The number of thioether (sulfide) groups is 1. The smallest absolute Gasteiger partial charge is 0.252 e. The molecule has 0 aliphatic rings. The van der Waals surface area contributed by atoms with Gasteiger partial charge in [0.25, 0.3) is 5.56 Å². The van der Waals surface area contributed by atoms with Gasteiger partial charge in [0.1, 0.15) is 0 Å². The maximum Gasteiger partial charge on any atom is 0.252 e. The number of H-pyrrole nitrogens is 1. The molecule has 7 nitrogen and oxygen atoms in total. The summed E-state index contributed by atoms with van der Waals surface area (Å²) < 4.78 is 0. The molecule has 8 heteroatoms. The van der Waals surface area contributed by atoms with Gasteiger partial charge in [-0.05, 0) is 18.2 Å². The van der Waals surface area contributed by atoms with Crippen LogP contribution in [0.4, 0.5) is 11.4 Å². The van der Waals surface area contributed by atoms with Gasteiger partial charge in [-0.1, -0.05) is 55.1 Å². The molecular weight excluding hydrogens is 388 g/mol. The van der Waals surface area contributed by atoms with Gasteiger partial charge in [-0.15, -0.1) is 0 Å². The number of hydrogen-bond acceptors (Lipinski definition) is 5. The van der Waals surface area contributed by atoms with Crippen LogP contribution in [0.2, 0.25) is 0 Å². The molecule has 3 aromatic rings. The number of nitrogens with one attached hydrogen (secondary N) is 3. The van der Waals surface area contributed by atoms with Crippen molar-refractivity contribution in [2.75, 3.05) is 16.4 Å². The Labute approximate surface area is 172 Å². The van der Waals surface area contributed by atoms with Crippen molar-refractivity contribution in [2.45, 2.75) is 18.5 Å². The van der Waals surface area contributed by atoms with Gasteiger partial charge >= 0.3 is 0 Å². The van der Waals surface area contributed by atoms with E-state index in [9.17, 15) is 14.4 Å². The lowest BCUT2D eigenvalue weighted by Crippen LogP contribution is -2.16. The van der Waals surface area contributed by atoms with Gasteiger partial charge in [0, 0.05) is 29.4 Å². The first-order valence-corrected chi connectivity index (χ1v) is 10.0. The van der Waals surface area contributed by atoms with E-state index >= 15 is 0 Å². The van der Waals surface area contributed by atoms with E-state index in [0.717, 1.165) is 17.3 Å². The van der Waals surface area contributed by atoms with Gasteiger partial charge in [0.2, 0.25) is 11.8 Å². The summed E-state index contributed by atoms with van der Waals surface area (Å²) in [5, 5.41) is 5.89. The van der Waals surface area contributed by atoms with Crippen molar-refractivity contribution in [2.24, 2.45) is 0 Å². The fraction of sp³-hybridized carbons (Fsp3) is 0.143. The van der Waals surface area contributed by atoms with E-state index in [2.05, 4.69) is 20.6 Å². The molecule has 0 spiro atoms. The summed E-state index contributed by atoms with van der Waals surface area (Å²) in [6.07, 6.45) is 0.375. The van der Waals surface area contributed by atoms with Crippen LogP contribution in [0.25, 0.3) is 11.3 Å². The number of rotatable bonds is 7. The number of aromatic amines is 1. The first-order chi connectivity index (χ1) is 14.0. The lowest BCUT2D eigenvalue weighted by Gasteiger charge is -2.08. The molecule has 29 heavy (non-hydrogen) atoms. The molecule has 0 atom stereocenters.